The predicted octanol–water partition coefficient (Wildman–Crippen LogP) is 9.21. The standard InChI is InChI=1S/C44H40N2/c1-44(2,3)35-22-19-30(20-23-35)42-36-10-4-6-12-38(36)43(39-13-7-5-11-37(39)42)32-18-16-29-15-17-31(26-34(29)27-32)33-21-24-41(46-28-33)40-14-8-9-25-45-40/h4-15,17,19,21-22,24-28,36,38H,16,18,20,23H2,1-3H3. The average molecular weight is 597 g/mol. The van der Waals surface area contributed by atoms with Gasteiger partial charge in [-0.3, -0.25) is 9.97 Å². The molecule has 0 aliphatic heterocycles. The molecule has 2 unspecified atom stereocenters. The van der Waals surface area contributed by atoms with Crippen LogP contribution in [-0.2, 0) is 6.42 Å². The van der Waals surface area contributed by atoms with E-state index in [9.17, 15) is 0 Å². The highest BCUT2D eigenvalue weighted by atomic mass is 14.8. The molecule has 46 heavy (non-hydrogen) atoms. The zero-order valence-electron chi connectivity index (χ0n) is 27.0. The minimum absolute atomic E-state index is 0.220. The third-order valence-electron chi connectivity index (χ3n) is 10.3. The van der Waals surface area contributed by atoms with Gasteiger partial charge in [0.2, 0.25) is 0 Å². The number of aromatic nitrogens is 2. The minimum Gasteiger partial charge on any atom is -0.255 e. The monoisotopic (exact) mass is 596 g/mol. The lowest BCUT2D eigenvalue weighted by Gasteiger charge is -2.36. The molecule has 0 saturated heterocycles. The van der Waals surface area contributed by atoms with Crippen LogP contribution >= 0.6 is 0 Å². The lowest BCUT2D eigenvalue weighted by molar-refractivity contribution is 0.480. The molecule has 2 aromatic carbocycles. The van der Waals surface area contributed by atoms with Gasteiger partial charge in [0.1, 0.15) is 0 Å². The van der Waals surface area contributed by atoms with Crippen LogP contribution in [0.15, 0.2) is 138 Å². The maximum absolute atomic E-state index is 4.75. The Morgan fingerprint density at radius 1 is 0.630 bits per heavy atom. The lowest BCUT2D eigenvalue weighted by Crippen LogP contribution is -2.41. The van der Waals surface area contributed by atoms with Crippen molar-refractivity contribution in [1.29, 1.82) is 0 Å². The van der Waals surface area contributed by atoms with E-state index >= 15 is 0 Å². The van der Waals surface area contributed by atoms with Crippen molar-refractivity contribution < 1.29 is 0 Å². The van der Waals surface area contributed by atoms with Gasteiger partial charge in [0.25, 0.3) is 0 Å². The average Bonchev–Trinajstić information content (AvgIpc) is 3.10. The van der Waals surface area contributed by atoms with Gasteiger partial charge in [-0.2, -0.15) is 0 Å². The van der Waals surface area contributed by atoms with Crippen LogP contribution in [0.1, 0.15) is 51.2 Å². The summed E-state index contributed by atoms with van der Waals surface area (Å²) in [5.74, 6) is 0.686. The molecule has 4 aromatic rings. The highest BCUT2D eigenvalue weighted by Crippen LogP contribution is 2.45. The largest absolute Gasteiger partial charge is 0.255 e. The summed E-state index contributed by atoms with van der Waals surface area (Å²) in [7, 11) is 0. The summed E-state index contributed by atoms with van der Waals surface area (Å²) >= 11 is 0. The van der Waals surface area contributed by atoms with E-state index in [1.807, 2.05) is 30.6 Å². The van der Waals surface area contributed by atoms with E-state index in [4.69, 9.17) is 4.98 Å². The number of aryl methyl sites for hydroxylation is 1. The Morgan fingerprint density at radius 2 is 1.33 bits per heavy atom. The van der Waals surface area contributed by atoms with Gasteiger partial charge in [0.05, 0.1) is 11.4 Å². The molecule has 0 fully saturated rings. The Balaban J connectivity index is 1.23. The SMILES string of the molecule is CC(C)(C)C1=CC=C(C2=c3ccccc3=C(C3=Cc4cc(-c5ccc(-c6ccccn6)nc5)ccc4CC3)C3C=CC=CC23)CC1. The van der Waals surface area contributed by atoms with Gasteiger partial charge < -0.3 is 0 Å². The first-order chi connectivity index (χ1) is 22.4. The number of hydrogen-bond donors (Lipinski definition) is 0. The van der Waals surface area contributed by atoms with Crippen molar-refractivity contribution in [2.45, 2.75) is 46.5 Å². The molecule has 0 amide bonds. The topological polar surface area (TPSA) is 25.8 Å². The molecule has 2 heterocycles. The molecule has 4 aliphatic carbocycles. The second-order valence-electron chi connectivity index (χ2n) is 14.1. The number of benzene rings is 2. The quantitative estimate of drug-likeness (QED) is 0.235. The summed E-state index contributed by atoms with van der Waals surface area (Å²) in [6, 6.07) is 26.3. The van der Waals surface area contributed by atoms with E-state index in [-0.39, 0.29) is 5.41 Å². The first kappa shape index (κ1) is 28.6. The number of fused-ring (bicyclic) bond motifs is 3. The van der Waals surface area contributed by atoms with Crippen molar-refractivity contribution in [1.82, 2.24) is 9.97 Å². The number of pyridine rings is 2. The minimum atomic E-state index is 0.220. The van der Waals surface area contributed by atoms with E-state index in [1.165, 1.54) is 49.4 Å². The van der Waals surface area contributed by atoms with Crippen molar-refractivity contribution >= 4 is 17.2 Å². The van der Waals surface area contributed by atoms with E-state index in [0.29, 0.717) is 11.8 Å². The molecule has 2 heteroatoms. The normalized spacial score (nSPS) is 20.3. The zero-order valence-corrected chi connectivity index (χ0v) is 27.0. The van der Waals surface area contributed by atoms with Gasteiger partial charge in [-0.15, -0.1) is 0 Å². The molecular weight excluding hydrogens is 556 g/mol. The van der Waals surface area contributed by atoms with Gasteiger partial charge in [-0.1, -0.05) is 117 Å². The second kappa shape index (κ2) is 11.5. The lowest BCUT2D eigenvalue weighted by atomic mass is 9.67. The van der Waals surface area contributed by atoms with Crippen LogP contribution in [0.25, 0.3) is 39.7 Å². The smallest absolute Gasteiger partial charge is 0.0886 e. The molecule has 2 nitrogen and oxygen atoms in total. The van der Waals surface area contributed by atoms with Crippen molar-refractivity contribution in [2.24, 2.45) is 17.3 Å². The summed E-state index contributed by atoms with van der Waals surface area (Å²) in [5.41, 5.74) is 14.6. The first-order valence-corrected chi connectivity index (χ1v) is 16.7. The summed E-state index contributed by atoms with van der Waals surface area (Å²) < 4.78 is 0. The van der Waals surface area contributed by atoms with Crippen LogP contribution in [0, 0.1) is 17.3 Å². The van der Waals surface area contributed by atoms with Crippen molar-refractivity contribution in [3.05, 3.63) is 160 Å². The van der Waals surface area contributed by atoms with Crippen LogP contribution in [-0.4, -0.2) is 9.97 Å². The van der Waals surface area contributed by atoms with Gasteiger partial charge in [0.15, 0.2) is 0 Å². The maximum atomic E-state index is 4.75. The van der Waals surface area contributed by atoms with E-state index < -0.39 is 0 Å². The fraction of sp³-hybridized carbons (Fsp3) is 0.227. The van der Waals surface area contributed by atoms with Gasteiger partial charge in [-0.05, 0) is 105 Å². The molecule has 2 atom stereocenters. The van der Waals surface area contributed by atoms with Crippen LogP contribution in [0.3, 0.4) is 0 Å². The van der Waals surface area contributed by atoms with Gasteiger partial charge in [-0.25, -0.2) is 0 Å². The maximum Gasteiger partial charge on any atom is 0.0886 e. The van der Waals surface area contributed by atoms with E-state index in [2.05, 4.69) is 123 Å². The van der Waals surface area contributed by atoms with Crippen LogP contribution < -0.4 is 10.4 Å². The molecular formula is C44H40N2. The van der Waals surface area contributed by atoms with Crippen molar-refractivity contribution in [2.75, 3.05) is 0 Å². The van der Waals surface area contributed by atoms with Crippen LogP contribution in [0.4, 0.5) is 0 Å². The third kappa shape index (κ3) is 5.16. The summed E-state index contributed by atoms with van der Waals surface area (Å²) in [6.45, 7) is 7.01. The van der Waals surface area contributed by atoms with Gasteiger partial charge in [0, 0.05) is 29.8 Å². The fourth-order valence-corrected chi connectivity index (χ4v) is 7.84. The predicted molar refractivity (Wildman–Crippen MR) is 192 cm³/mol. The molecule has 0 N–H and O–H groups in total. The number of allylic oxidation sites excluding steroid dienone is 9. The van der Waals surface area contributed by atoms with Crippen LogP contribution in [0.5, 0.6) is 0 Å². The number of rotatable bonds is 4. The molecule has 4 aliphatic rings. The summed E-state index contributed by atoms with van der Waals surface area (Å²) in [5, 5.41) is 2.82. The summed E-state index contributed by atoms with van der Waals surface area (Å²) in [4.78, 5) is 9.21. The Bertz CT molecular complexity index is 2110. The van der Waals surface area contributed by atoms with Gasteiger partial charge >= 0.3 is 0 Å². The molecule has 0 spiro atoms. The molecule has 0 saturated carbocycles. The van der Waals surface area contributed by atoms with Crippen LogP contribution in [0.2, 0.25) is 0 Å². The molecule has 0 radical (unpaired) electrons. The van der Waals surface area contributed by atoms with Crippen molar-refractivity contribution in [3.8, 4) is 22.5 Å². The molecule has 226 valence electrons. The molecule has 2 aromatic heterocycles. The highest BCUT2D eigenvalue weighted by Gasteiger charge is 2.34. The fourth-order valence-electron chi connectivity index (χ4n) is 7.84. The number of hydrogen-bond acceptors (Lipinski definition) is 2. The second-order valence-corrected chi connectivity index (χ2v) is 14.1. The molecule has 8 rings (SSSR count). The molecule has 0 bridgehead atoms. The Hall–Kier alpha value is -4.82. The van der Waals surface area contributed by atoms with Crippen molar-refractivity contribution in [3.63, 3.8) is 0 Å². The zero-order chi connectivity index (χ0) is 31.3. The Morgan fingerprint density at radius 3 is 1.98 bits per heavy atom. The third-order valence-corrected chi connectivity index (χ3v) is 10.3. The first-order valence-electron chi connectivity index (χ1n) is 16.7. The Kier molecular flexibility index (Phi) is 7.17. The van der Waals surface area contributed by atoms with E-state index in [1.54, 1.807) is 5.57 Å². The summed E-state index contributed by atoms with van der Waals surface area (Å²) in [6.07, 6.45) is 24.9. The van der Waals surface area contributed by atoms with E-state index in [0.717, 1.165) is 42.6 Å². The number of nitrogens with zero attached hydrogens (tertiary/aromatic N) is 2. The Labute approximate surface area is 272 Å². The highest BCUT2D eigenvalue weighted by molar-refractivity contribution is 5.85.